The standard InChI is InChI=1S/C46H41N/c1-44(2)28-15-29-45(3)40-30-32(26-27-41(40)47(46(44,45)4)33-18-6-5-7-19-33)42-36-21-10-12-23-38(36)43(39-24-13-11-22-37(39)42)35-25-14-17-31-16-8-9-20-34(31)35/h5-14,16-27,30H,15,28-29H2,1-4H3. The van der Waals surface area contributed by atoms with Crippen LogP contribution in [0, 0.1) is 5.41 Å². The van der Waals surface area contributed by atoms with E-state index in [-0.39, 0.29) is 16.4 Å². The van der Waals surface area contributed by atoms with Crippen LogP contribution in [-0.2, 0) is 5.41 Å². The molecule has 0 amide bonds. The van der Waals surface area contributed by atoms with Gasteiger partial charge in [-0.3, -0.25) is 0 Å². The van der Waals surface area contributed by atoms with E-state index < -0.39 is 0 Å². The first kappa shape index (κ1) is 28.4. The highest BCUT2D eigenvalue weighted by Gasteiger charge is 2.64. The van der Waals surface area contributed by atoms with E-state index in [4.69, 9.17) is 0 Å². The molecule has 1 nitrogen and oxygen atoms in total. The maximum Gasteiger partial charge on any atom is 0.0568 e. The van der Waals surface area contributed by atoms with Crippen molar-refractivity contribution >= 4 is 43.7 Å². The first-order chi connectivity index (χ1) is 22.8. The number of nitrogens with zero attached hydrogens (tertiary/aromatic N) is 1. The van der Waals surface area contributed by atoms with Crippen LogP contribution in [0.25, 0.3) is 54.6 Å². The fraction of sp³-hybridized carbons (Fsp3) is 0.217. The molecule has 47 heavy (non-hydrogen) atoms. The van der Waals surface area contributed by atoms with Crippen LogP contribution in [0.4, 0.5) is 11.4 Å². The molecule has 2 unspecified atom stereocenters. The van der Waals surface area contributed by atoms with E-state index in [0.29, 0.717) is 0 Å². The molecule has 0 aromatic heterocycles. The molecule has 1 heteroatoms. The Labute approximate surface area is 278 Å². The second kappa shape index (κ2) is 10.1. The van der Waals surface area contributed by atoms with Crippen LogP contribution >= 0.6 is 0 Å². The topological polar surface area (TPSA) is 3.24 Å². The minimum atomic E-state index is -0.0665. The van der Waals surface area contributed by atoms with Crippen LogP contribution in [0.3, 0.4) is 0 Å². The molecule has 0 N–H and O–H groups in total. The van der Waals surface area contributed by atoms with Crippen LogP contribution in [-0.4, -0.2) is 5.54 Å². The van der Waals surface area contributed by atoms with Gasteiger partial charge in [0.1, 0.15) is 0 Å². The number of hydrogen-bond acceptors (Lipinski definition) is 1. The Hall–Kier alpha value is -4.88. The van der Waals surface area contributed by atoms with Gasteiger partial charge in [-0.1, -0.05) is 142 Å². The molecule has 1 saturated carbocycles. The SMILES string of the molecule is CC1(C)CCCC2(C)c3cc(-c4c5ccccc5c(-c5cccc6ccccc56)c5ccccc45)ccc3N(c3ccccc3)C12C. The number of anilines is 2. The van der Waals surface area contributed by atoms with E-state index in [9.17, 15) is 0 Å². The molecule has 1 heterocycles. The van der Waals surface area contributed by atoms with Gasteiger partial charge in [-0.15, -0.1) is 0 Å². The predicted octanol–water partition coefficient (Wildman–Crippen LogP) is 12.9. The first-order valence-electron chi connectivity index (χ1n) is 17.3. The van der Waals surface area contributed by atoms with Gasteiger partial charge in [0.05, 0.1) is 5.54 Å². The third-order valence-corrected chi connectivity index (χ3v) is 12.4. The number of fused-ring (bicyclic) bond motifs is 6. The number of rotatable bonds is 3. The molecule has 0 bridgehead atoms. The summed E-state index contributed by atoms with van der Waals surface area (Å²) in [5.41, 5.74) is 9.47. The van der Waals surface area contributed by atoms with E-state index in [1.807, 2.05) is 0 Å². The van der Waals surface area contributed by atoms with Crippen molar-refractivity contribution < 1.29 is 0 Å². The zero-order chi connectivity index (χ0) is 32.0. The normalized spacial score (nSPS) is 21.7. The third-order valence-electron chi connectivity index (χ3n) is 12.4. The second-order valence-electron chi connectivity index (χ2n) is 14.9. The Morgan fingerprint density at radius 2 is 1.09 bits per heavy atom. The van der Waals surface area contributed by atoms with Gasteiger partial charge in [0.25, 0.3) is 0 Å². The van der Waals surface area contributed by atoms with Crippen molar-refractivity contribution in [1.82, 2.24) is 0 Å². The Morgan fingerprint density at radius 1 is 0.511 bits per heavy atom. The van der Waals surface area contributed by atoms with Crippen molar-refractivity contribution in [2.45, 2.75) is 57.9 Å². The van der Waals surface area contributed by atoms with Gasteiger partial charge >= 0.3 is 0 Å². The molecule has 9 rings (SSSR count). The molecule has 1 aliphatic carbocycles. The average Bonchev–Trinajstić information content (AvgIpc) is 3.31. The number of hydrogen-bond donors (Lipinski definition) is 0. The van der Waals surface area contributed by atoms with Gasteiger partial charge in [-0.25, -0.2) is 0 Å². The van der Waals surface area contributed by atoms with Crippen molar-refractivity contribution in [1.29, 1.82) is 0 Å². The van der Waals surface area contributed by atoms with Crippen LogP contribution in [0.15, 0.2) is 140 Å². The molecule has 1 fully saturated rings. The predicted molar refractivity (Wildman–Crippen MR) is 202 cm³/mol. The molecular weight excluding hydrogens is 567 g/mol. The summed E-state index contributed by atoms with van der Waals surface area (Å²) in [6.07, 6.45) is 3.67. The van der Waals surface area contributed by atoms with Gasteiger partial charge in [0.15, 0.2) is 0 Å². The van der Waals surface area contributed by atoms with Crippen molar-refractivity contribution in [2.24, 2.45) is 5.41 Å². The lowest BCUT2D eigenvalue weighted by Crippen LogP contribution is -2.64. The van der Waals surface area contributed by atoms with Crippen LogP contribution < -0.4 is 4.90 Å². The van der Waals surface area contributed by atoms with E-state index >= 15 is 0 Å². The van der Waals surface area contributed by atoms with E-state index in [2.05, 4.69) is 172 Å². The quantitative estimate of drug-likeness (QED) is 0.181. The summed E-state index contributed by atoms with van der Waals surface area (Å²) in [5, 5.41) is 7.80. The minimum Gasteiger partial charge on any atom is -0.334 e. The average molecular weight is 608 g/mol. The van der Waals surface area contributed by atoms with Crippen molar-refractivity contribution in [3.8, 4) is 22.3 Å². The maximum absolute atomic E-state index is 2.70. The molecule has 0 spiro atoms. The summed E-state index contributed by atoms with van der Waals surface area (Å²) in [4.78, 5) is 2.70. The van der Waals surface area contributed by atoms with Gasteiger partial charge in [0, 0.05) is 16.8 Å². The lowest BCUT2D eigenvalue weighted by molar-refractivity contribution is 0.0484. The van der Waals surface area contributed by atoms with Gasteiger partial charge < -0.3 is 4.90 Å². The lowest BCUT2D eigenvalue weighted by atomic mass is 9.51. The monoisotopic (exact) mass is 607 g/mol. The third kappa shape index (κ3) is 3.77. The lowest BCUT2D eigenvalue weighted by Gasteiger charge is -2.59. The minimum absolute atomic E-state index is 0.00440. The fourth-order valence-corrected chi connectivity index (χ4v) is 9.78. The summed E-state index contributed by atoms with van der Waals surface area (Å²) in [7, 11) is 0. The molecule has 1 aliphatic heterocycles. The Bertz CT molecular complexity index is 2290. The highest BCUT2D eigenvalue weighted by molar-refractivity contribution is 6.23. The number of benzene rings is 7. The first-order valence-corrected chi connectivity index (χ1v) is 17.3. The van der Waals surface area contributed by atoms with Crippen molar-refractivity contribution in [2.75, 3.05) is 4.90 Å². The highest BCUT2D eigenvalue weighted by atomic mass is 15.3. The van der Waals surface area contributed by atoms with Crippen molar-refractivity contribution in [3.05, 3.63) is 145 Å². The summed E-state index contributed by atoms with van der Waals surface area (Å²) in [5.74, 6) is 0. The number of para-hydroxylation sites is 1. The zero-order valence-corrected chi connectivity index (χ0v) is 27.8. The molecular formula is C46H41N. The Morgan fingerprint density at radius 3 is 1.77 bits per heavy atom. The fourth-order valence-electron chi connectivity index (χ4n) is 9.78. The molecule has 2 aliphatic rings. The zero-order valence-electron chi connectivity index (χ0n) is 27.8. The van der Waals surface area contributed by atoms with E-state index in [0.717, 1.165) is 0 Å². The molecule has 230 valence electrons. The molecule has 2 atom stereocenters. The van der Waals surface area contributed by atoms with Crippen LogP contribution in [0.5, 0.6) is 0 Å². The maximum atomic E-state index is 2.70. The molecule has 7 aromatic carbocycles. The summed E-state index contributed by atoms with van der Waals surface area (Å²) >= 11 is 0. The summed E-state index contributed by atoms with van der Waals surface area (Å²) in [6.45, 7) is 10.1. The summed E-state index contributed by atoms with van der Waals surface area (Å²) in [6, 6.07) is 52.2. The van der Waals surface area contributed by atoms with E-state index in [1.54, 1.807) is 0 Å². The van der Waals surface area contributed by atoms with Gasteiger partial charge in [0.2, 0.25) is 0 Å². The molecule has 0 radical (unpaired) electrons. The summed E-state index contributed by atoms with van der Waals surface area (Å²) < 4.78 is 0. The van der Waals surface area contributed by atoms with Crippen LogP contribution in [0.1, 0.15) is 52.5 Å². The molecule has 7 aromatic rings. The van der Waals surface area contributed by atoms with Crippen molar-refractivity contribution in [3.63, 3.8) is 0 Å². The smallest absolute Gasteiger partial charge is 0.0568 e. The largest absolute Gasteiger partial charge is 0.334 e. The highest BCUT2D eigenvalue weighted by Crippen LogP contribution is 2.66. The van der Waals surface area contributed by atoms with Gasteiger partial charge in [-0.05, 0) is 110 Å². The van der Waals surface area contributed by atoms with E-state index in [1.165, 1.54) is 90.8 Å². The van der Waals surface area contributed by atoms with Gasteiger partial charge in [-0.2, -0.15) is 0 Å². The Kier molecular flexibility index (Phi) is 6.07. The molecule has 0 saturated heterocycles. The Balaban J connectivity index is 1.34. The van der Waals surface area contributed by atoms with Crippen LogP contribution in [0.2, 0.25) is 0 Å². The second-order valence-corrected chi connectivity index (χ2v) is 14.9.